The number of hydrogen-bond donors (Lipinski definition) is 1. The largest absolute Gasteiger partial charge is 0.339 e. The SMILES string of the molecule is O=C(CCC(=O)c1ccccc1)Nc1cccc(C(=O)N2CCCC2)c1. The van der Waals surface area contributed by atoms with Gasteiger partial charge in [0, 0.05) is 42.7 Å². The van der Waals surface area contributed by atoms with E-state index in [1.165, 1.54) is 0 Å². The molecule has 2 aromatic rings. The highest BCUT2D eigenvalue weighted by molar-refractivity contribution is 6.00. The first-order valence-electron chi connectivity index (χ1n) is 8.91. The molecule has 0 radical (unpaired) electrons. The van der Waals surface area contributed by atoms with Gasteiger partial charge in [0.2, 0.25) is 5.91 Å². The van der Waals surface area contributed by atoms with Crippen molar-refractivity contribution in [3.8, 4) is 0 Å². The molecule has 1 aliphatic heterocycles. The van der Waals surface area contributed by atoms with Crippen LogP contribution in [0, 0.1) is 0 Å². The summed E-state index contributed by atoms with van der Waals surface area (Å²) in [5.74, 6) is -0.295. The van der Waals surface area contributed by atoms with Crippen LogP contribution in [0.1, 0.15) is 46.4 Å². The number of nitrogens with zero attached hydrogens (tertiary/aromatic N) is 1. The Morgan fingerprint density at radius 3 is 2.27 bits per heavy atom. The quantitative estimate of drug-likeness (QED) is 0.811. The van der Waals surface area contributed by atoms with Crippen molar-refractivity contribution in [1.82, 2.24) is 4.90 Å². The molecule has 2 aromatic carbocycles. The second-order valence-corrected chi connectivity index (χ2v) is 6.42. The minimum absolute atomic E-state index is 0.00199. The molecule has 0 aromatic heterocycles. The third kappa shape index (κ3) is 4.57. The monoisotopic (exact) mass is 350 g/mol. The van der Waals surface area contributed by atoms with E-state index in [2.05, 4.69) is 5.32 Å². The Hall–Kier alpha value is -2.95. The second kappa shape index (κ2) is 8.43. The van der Waals surface area contributed by atoms with Crippen LogP contribution in [-0.2, 0) is 4.79 Å². The van der Waals surface area contributed by atoms with Crippen LogP contribution < -0.4 is 5.32 Å². The maximum Gasteiger partial charge on any atom is 0.253 e. The van der Waals surface area contributed by atoms with Gasteiger partial charge in [-0.2, -0.15) is 0 Å². The van der Waals surface area contributed by atoms with Crippen molar-refractivity contribution in [2.24, 2.45) is 0 Å². The summed E-state index contributed by atoms with van der Waals surface area (Å²) in [5.41, 5.74) is 1.76. The van der Waals surface area contributed by atoms with Crippen molar-refractivity contribution in [3.63, 3.8) is 0 Å². The van der Waals surface area contributed by atoms with E-state index < -0.39 is 0 Å². The van der Waals surface area contributed by atoms with Crippen molar-refractivity contribution in [2.45, 2.75) is 25.7 Å². The van der Waals surface area contributed by atoms with Crippen LogP contribution >= 0.6 is 0 Å². The lowest BCUT2D eigenvalue weighted by Crippen LogP contribution is -2.27. The summed E-state index contributed by atoms with van der Waals surface area (Å²) in [7, 11) is 0. The fourth-order valence-corrected chi connectivity index (χ4v) is 3.05. The average Bonchev–Trinajstić information content (AvgIpc) is 3.21. The minimum Gasteiger partial charge on any atom is -0.339 e. The molecule has 5 nitrogen and oxygen atoms in total. The predicted molar refractivity (Wildman–Crippen MR) is 100 cm³/mol. The Kier molecular flexibility index (Phi) is 5.79. The molecule has 3 rings (SSSR count). The molecule has 5 heteroatoms. The lowest BCUT2D eigenvalue weighted by molar-refractivity contribution is -0.116. The number of amides is 2. The van der Waals surface area contributed by atoms with Gasteiger partial charge in [-0.3, -0.25) is 14.4 Å². The smallest absolute Gasteiger partial charge is 0.253 e. The van der Waals surface area contributed by atoms with Gasteiger partial charge in [0.1, 0.15) is 0 Å². The standard InChI is InChI=1S/C21H22N2O3/c24-19(16-7-2-1-3-8-16)11-12-20(25)22-18-10-6-9-17(15-18)21(26)23-13-4-5-14-23/h1-3,6-10,15H,4-5,11-14H2,(H,22,25). The topological polar surface area (TPSA) is 66.5 Å². The number of anilines is 1. The molecule has 0 bridgehead atoms. The Balaban J connectivity index is 1.55. The van der Waals surface area contributed by atoms with Gasteiger partial charge in [0.05, 0.1) is 0 Å². The molecule has 2 amide bonds. The first-order chi connectivity index (χ1) is 12.6. The lowest BCUT2D eigenvalue weighted by atomic mass is 10.1. The van der Waals surface area contributed by atoms with Crippen molar-refractivity contribution in [3.05, 3.63) is 65.7 Å². The van der Waals surface area contributed by atoms with Gasteiger partial charge in [-0.25, -0.2) is 0 Å². The van der Waals surface area contributed by atoms with Crippen LogP contribution in [-0.4, -0.2) is 35.6 Å². The van der Waals surface area contributed by atoms with E-state index in [-0.39, 0.29) is 30.4 Å². The highest BCUT2D eigenvalue weighted by atomic mass is 16.2. The molecular weight excluding hydrogens is 328 g/mol. The summed E-state index contributed by atoms with van der Waals surface area (Å²) in [6, 6.07) is 15.9. The molecule has 0 atom stereocenters. The number of carbonyl (C=O) groups is 3. The van der Waals surface area contributed by atoms with Crippen LogP contribution in [0.15, 0.2) is 54.6 Å². The molecule has 0 aliphatic carbocycles. The summed E-state index contributed by atoms with van der Waals surface area (Å²) in [6.07, 6.45) is 2.34. The zero-order valence-electron chi connectivity index (χ0n) is 14.6. The fraction of sp³-hybridized carbons (Fsp3) is 0.286. The maximum absolute atomic E-state index is 12.4. The minimum atomic E-state index is -0.236. The van der Waals surface area contributed by atoms with Crippen molar-refractivity contribution in [2.75, 3.05) is 18.4 Å². The van der Waals surface area contributed by atoms with Gasteiger partial charge in [-0.15, -0.1) is 0 Å². The fourth-order valence-electron chi connectivity index (χ4n) is 3.05. The number of benzene rings is 2. The molecule has 0 saturated carbocycles. The van der Waals surface area contributed by atoms with Crippen molar-refractivity contribution in [1.29, 1.82) is 0 Å². The Morgan fingerprint density at radius 2 is 1.54 bits per heavy atom. The molecule has 1 aliphatic rings. The van der Waals surface area contributed by atoms with Crippen molar-refractivity contribution >= 4 is 23.3 Å². The van der Waals surface area contributed by atoms with Crippen molar-refractivity contribution < 1.29 is 14.4 Å². The van der Waals surface area contributed by atoms with E-state index in [1.54, 1.807) is 48.5 Å². The van der Waals surface area contributed by atoms with Crippen LogP contribution in [0.5, 0.6) is 0 Å². The van der Waals surface area contributed by atoms with Gasteiger partial charge >= 0.3 is 0 Å². The summed E-state index contributed by atoms with van der Waals surface area (Å²) < 4.78 is 0. The zero-order chi connectivity index (χ0) is 18.4. The second-order valence-electron chi connectivity index (χ2n) is 6.42. The Bertz CT molecular complexity index is 796. The molecule has 1 heterocycles. The highest BCUT2D eigenvalue weighted by Crippen LogP contribution is 2.17. The molecule has 1 N–H and O–H groups in total. The first-order valence-corrected chi connectivity index (χ1v) is 8.91. The maximum atomic E-state index is 12.4. The zero-order valence-corrected chi connectivity index (χ0v) is 14.6. The van der Waals surface area contributed by atoms with Crippen LogP contribution in [0.25, 0.3) is 0 Å². The average molecular weight is 350 g/mol. The number of likely N-dealkylation sites (tertiary alicyclic amines) is 1. The van der Waals surface area contributed by atoms with E-state index in [4.69, 9.17) is 0 Å². The van der Waals surface area contributed by atoms with Crippen LogP contribution in [0.4, 0.5) is 5.69 Å². The summed E-state index contributed by atoms with van der Waals surface area (Å²) in [5, 5.41) is 2.77. The van der Waals surface area contributed by atoms with Gasteiger partial charge in [-0.05, 0) is 31.0 Å². The number of ketones is 1. The Labute approximate surface area is 153 Å². The van der Waals surface area contributed by atoms with E-state index in [0.717, 1.165) is 25.9 Å². The van der Waals surface area contributed by atoms with E-state index in [9.17, 15) is 14.4 Å². The van der Waals surface area contributed by atoms with Gasteiger partial charge in [0.25, 0.3) is 5.91 Å². The molecule has 0 spiro atoms. The van der Waals surface area contributed by atoms with Gasteiger partial charge in [0.15, 0.2) is 5.78 Å². The molecule has 134 valence electrons. The first kappa shape index (κ1) is 17.9. The predicted octanol–water partition coefficient (Wildman–Crippen LogP) is 3.52. The molecule has 1 saturated heterocycles. The van der Waals surface area contributed by atoms with Gasteiger partial charge in [-0.1, -0.05) is 36.4 Å². The third-order valence-electron chi connectivity index (χ3n) is 4.46. The number of nitrogens with one attached hydrogen (secondary N) is 1. The van der Waals surface area contributed by atoms with E-state index in [1.807, 2.05) is 11.0 Å². The lowest BCUT2D eigenvalue weighted by Gasteiger charge is -2.15. The van der Waals surface area contributed by atoms with Crippen LogP contribution in [0.3, 0.4) is 0 Å². The van der Waals surface area contributed by atoms with Crippen LogP contribution in [0.2, 0.25) is 0 Å². The Morgan fingerprint density at radius 1 is 0.846 bits per heavy atom. The summed E-state index contributed by atoms with van der Waals surface area (Å²) >= 11 is 0. The molecule has 26 heavy (non-hydrogen) atoms. The number of hydrogen-bond acceptors (Lipinski definition) is 3. The number of Topliss-reactive ketones (excluding diaryl/α,β-unsaturated/α-hetero) is 1. The van der Waals surface area contributed by atoms with E-state index >= 15 is 0 Å². The highest BCUT2D eigenvalue weighted by Gasteiger charge is 2.19. The van der Waals surface area contributed by atoms with E-state index in [0.29, 0.717) is 16.8 Å². The summed E-state index contributed by atoms with van der Waals surface area (Å²) in [6.45, 7) is 1.58. The number of rotatable bonds is 6. The third-order valence-corrected chi connectivity index (χ3v) is 4.46. The number of carbonyl (C=O) groups excluding carboxylic acids is 3. The molecule has 0 unspecified atom stereocenters. The van der Waals surface area contributed by atoms with Gasteiger partial charge < -0.3 is 10.2 Å². The summed E-state index contributed by atoms with van der Waals surface area (Å²) in [4.78, 5) is 38.4. The normalized spacial score (nSPS) is 13.5. The molecule has 1 fully saturated rings. The molecular formula is C21H22N2O3.